The third-order valence-corrected chi connectivity index (χ3v) is 4.14. The van der Waals surface area contributed by atoms with E-state index in [2.05, 4.69) is 4.90 Å². The van der Waals surface area contributed by atoms with Gasteiger partial charge >= 0.3 is 0 Å². The first-order chi connectivity index (χ1) is 9.63. The Labute approximate surface area is 118 Å². The highest BCUT2D eigenvalue weighted by atomic mass is 16.5. The molecule has 2 fully saturated rings. The second-order valence-electron chi connectivity index (χ2n) is 5.70. The van der Waals surface area contributed by atoms with Crippen molar-refractivity contribution in [1.82, 2.24) is 9.80 Å². The molecule has 0 radical (unpaired) electrons. The number of carbonyl (C=O) groups is 1. The molecule has 5 heteroatoms. The fourth-order valence-corrected chi connectivity index (χ4v) is 3.03. The lowest BCUT2D eigenvalue weighted by atomic mass is 10.1. The summed E-state index contributed by atoms with van der Waals surface area (Å²) in [4.78, 5) is 16.4. The van der Waals surface area contributed by atoms with Gasteiger partial charge in [0, 0.05) is 26.7 Å². The van der Waals surface area contributed by atoms with Gasteiger partial charge < -0.3 is 14.7 Å². The van der Waals surface area contributed by atoms with Crippen LogP contribution in [-0.4, -0.2) is 60.2 Å². The van der Waals surface area contributed by atoms with E-state index in [0.717, 1.165) is 25.2 Å². The van der Waals surface area contributed by atoms with E-state index >= 15 is 0 Å². The Morgan fingerprint density at radius 1 is 1.35 bits per heavy atom. The smallest absolute Gasteiger partial charge is 0.229 e. The second kappa shape index (κ2) is 5.42. The standard InChI is InChI=1S/C15H20N2O3/c1-16-13-8-17(6-11-3-2-4-14(18)5-11)7-12(15(16)19)9-20-10-13/h2-5,12-13,18H,6-10H2,1H3/t12-,13+/m1/s1. The summed E-state index contributed by atoms with van der Waals surface area (Å²) in [7, 11) is 1.87. The Bertz CT molecular complexity index is 506. The van der Waals surface area contributed by atoms with Gasteiger partial charge in [-0.05, 0) is 17.7 Å². The summed E-state index contributed by atoms with van der Waals surface area (Å²) >= 11 is 0. The van der Waals surface area contributed by atoms with Crippen LogP contribution in [0, 0.1) is 5.92 Å². The van der Waals surface area contributed by atoms with E-state index in [1.807, 2.05) is 24.1 Å². The predicted molar refractivity (Wildman–Crippen MR) is 74.3 cm³/mol. The molecular formula is C15H20N2O3. The number of benzene rings is 1. The van der Waals surface area contributed by atoms with Gasteiger partial charge in [-0.15, -0.1) is 0 Å². The van der Waals surface area contributed by atoms with Gasteiger partial charge in [-0.25, -0.2) is 0 Å². The van der Waals surface area contributed by atoms with E-state index < -0.39 is 0 Å². The largest absolute Gasteiger partial charge is 0.508 e. The number of rotatable bonds is 2. The molecule has 0 aromatic heterocycles. The monoisotopic (exact) mass is 276 g/mol. The van der Waals surface area contributed by atoms with Crippen LogP contribution in [0.5, 0.6) is 5.75 Å². The summed E-state index contributed by atoms with van der Waals surface area (Å²) in [5, 5.41) is 9.54. The minimum Gasteiger partial charge on any atom is -0.508 e. The van der Waals surface area contributed by atoms with Gasteiger partial charge in [-0.1, -0.05) is 12.1 Å². The van der Waals surface area contributed by atoms with Crippen LogP contribution in [0.15, 0.2) is 24.3 Å². The van der Waals surface area contributed by atoms with E-state index in [4.69, 9.17) is 4.74 Å². The maximum Gasteiger partial charge on any atom is 0.229 e. The highest BCUT2D eigenvalue weighted by Gasteiger charge is 2.37. The fraction of sp³-hybridized carbons (Fsp3) is 0.533. The molecule has 2 heterocycles. The number of amides is 1. The summed E-state index contributed by atoms with van der Waals surface area (Å²) in [6, 6.07) is 7.42. The molecule has 1 aromatic rings. The van der Waals surface area contributed by atoms with E-state index in [1.54, 1.807) is 12.1 Å². The fourth-order valence-electron chi connectivity index (χ4n) is 3.03. The molecule has 1 amide bonds. The van der Waals surface area contributed by atoms with Gasteiger partial charge in [0.2, 0.25) is 5.91 Å². The number of likely N-dealkylation sites (N-methyl/N-ethyl adjacent to an activating group) is 1. The molecule has 2 atom stereocenters. The topological polar surface area (TPSA) is 53.0 Å². The number of aromatic hydroxyl groups is 1. The van der Waals surface area contributed by atoms with E-state index in [-0.39, 0.29) is 23.6 Å². The van der Waals surface area contributed by atoms with Crippen LogP contribution in [0.4, 0.5) is 0 Å². The summed E-state index contributed by atoms with van der Waals surface area (Å²) in [5.74, 6) is 0.393. The first-order valence-electron chi connectivity index (χ1n) is 6.98. The SMILES string of the molecule is CN1C(=O)[C@H]2COC[C@@H]1CN(Cc1cccc(O)c1)C2. The molecule has 3 rings (SSSR count). The summed E-state index contributed by atoms with van der Waals surface area (Å²) in [6.45, 7) is 3.40. The Kier molecular flexibility index (Phi) is 3.63. The Hall–Kier alpha value is -1.59. The van der Waals surface area contributed by atoms with Crippen LogP contribution < -0.4 is 0 Å². The number of phenolic OH excluding ortho intramolecular Hbond substituents is 1. The zero-order valence-corrected chi connectivity index (χ0v) is 11.7. The number of carbonyl (C=O) groups excluding carboxylic acids is 1. The molecule has 0 spiro atoms. The van der Waals surface area contributed by atoms with Crippen LogP contribution in [0.2, 0.25) is 0 Å². The molecule has 20 heavy (non-hydrogen) atoms. The van der Waals surface area contributed by atoms with Crippen LogP contribution in [0.25, 0.3) is 0 Å². The molecular weight excluding hydrogens is 256 g/mol. The molecule has 1 N–H and O–H groups in total. The number of nitrogens with zero attached hydrogens (tertiary/aromatic N) is 2. The molecule has 2 aliphatic rings. The van der Waals surface area contributed by atoms with Crippen molar-refractivity contribution in [1.29, 1.82) is 0 Å². The lowest BCUT2D eigenvalue weighted by Gasteiger charge is -2.29. The predicted octanol–water partition coefficient (Wildman–Crippen LogP) is 0.681. The Morgan fingerprint density at radius 3 is 3.00 bits per heavy atom. The Balaban J connectivity index is 1.77. The first kappa shape index (κ1) is 13.4. The highest BCUT2D eigenvalue weighted by Crippen LogP contribution is 2.22. The number of ether oxygens (including phenoxy) is 1. The minimum absolute atomic E-state index is 0.0789. The normalized spacial score (nSPS) is 27.4. The third-order valence-electron chi connectivity index (χ3n) is 4.14. The van der Waals surface area contributed by atoms with Gasteiger partial charge in [0.1, 0.15) is 5.75 Å². The first-order valence-corrected chi connectivity index (χ1v) is 6.98. The second-order valence-corrected chi connectivity index (χ2v) is 5.70. The lowest BCUT2D eigenvalue weighted by Crippen LogP contribution is -2.42. The lowest BCUT2D eigenvalue weighted by molar-refractivity contribution is -0.133. The quantitative estimate of drug-likeness (QED) is 0.863. The zero-order valence-electron chi connectivity index (χ0n) is 11.7. The number of hydrogen-bond donors (Lipinski definition) is 1. The highest BCUT2D eigenvalue weighted by molar-refractivity contribution is 5.79. The van der Waals surface area contributed by atoms with Gasteiger partial charge in [0.25, 0.3) is 0 Å². The van der Waals surface area contributed by atoms with Gasteiger partial charge in [0.15, 0.2) is 0 Å². The summed E-state index contributed by atoms with van der Waals surface area (Å²) < 4.78 is 5.59. The van der Waals surface area contributed by atoms with Crippen molar-refractivity contribution in [3.8, 4) is 5.75 Å². The molecule has 2 aliphatic heterocycles. The number of fused-ring (bicyclic) bond motifs is 3. The maximum atomic E-state index is 12.3. The van der Waals surface area contributed by atoms with Gasteiger partial charge in [-0.3, -0.25) is 9.69 Å². The van der Waals surface area contributed by atoms with Crippen molar-refractivity contribution in [2.75, 3.05) is 33.4 Å². The molecule has 108 valence electrons. The number of phenols is 1. The molecule has 1 aromatic carbocycles. The summed E-state index contributed by atoms with van der Waals surface area (Å²) in [6.07, 6.45) is 0. The van der Waals surface area contributed by atoms with E-state index in [1.165, 1.54) is 0 Å². The minimum atomic E-state index is -0.0789. The molecule has 0 saturated carbocycles. The average molecular weight is 276 g/mol. The van der Waals surface area contributed by atoms with Gasteiger partial charge in [-0.2, -0.15) is 0 Å². The number of hydrogen-bond acceptors (Lipinski definition) is 4. The van der Waals surface area contributed by atoms with Crippen LogP contribution in [-0.2, 0) is 16.1 Å². The van der Waals surface area contributed by atoms with E-state index in [0.29, 0.717) is 13.2 Å². The third kappa shape index (κ3) is 2.64. The van der Waals surface area contributed by atoms with Crippen molar-refractivity contribution in [3.05, 3.63) is 29.8 Å². The molecule has 2 saturated heterocycles. The van der Waals surface area contributed by atoms with Gasteiger partial charge in [0.05, 0.1) is 25.2 Å². The average Bonchev–Trinajstić information content (AvgIpc) is 2.57. The molecule has 5 nitrogen and oxygen atoms in total. The molecule has 0 unspecified atom stereocenters. The molecule has 0 aliphatic carbocycles. The van der Waals surface area contributed by atoms with Crippen molar-refractivity contribution >= 4 is 5.91 Å². The Morgan fingerprint density at radius 2 is 2.20 bits per heavy atom. The summed E-state index contributed by atoms with van der Waals surface area (Å²) in [5.41, 5.74) is 1.07. The maximum absolute atomic E-state index is 12.3. The van der Waals surface area contributed by atoms with Crippen molar-refractivity contribution in [2.24, 2.45) is 5.92 Å². The van der Waals surface area contributed by atoms with Crippen LogP contribution in [0.1, 0.15) is 5.56 Å². The van der Waals surface area contributed by atoms with Crippen LogP contribution >= 0.6 is 0 Å². The van der Waals surface area contributed by atoms with Crippen molar-refractivity contribution < 1.29 is 14.6 Å². The zero-order chi connectivity index (χ0) is 14.1. The molecule has 2 bridgehead atoms. The van der Waals surface area contributed by atoms with E-state index in [9.17, 15) is 9.90 Å². The van der Waals surface area contributed by atoms with Crippen molar-refractivity contribution in [2.45, 2.75) is 12.6 Å². The van der Waals surface area contributed by atoms with Crippen molar-refractivity contribution in [3.63, 3.8) is 0 Å². The van der Waals surface area contributed by atoms with Crippen LogP contribution in [0.3, 0.4) is 0 Å².